The fourth-order valence-corrected chi connectivity index (χ4v) is 6.98. The Balaban J connectivity index is 1.29. The van der Waals surface area contributed by atoms with E-state index in [4.69, 9.17) is 5.26 Å². The molecule has 2 heterocycles. The second-order valence-corrected chi connectivity index (χ2v) is 12.7. The molecule has 1 atom stereocenters. The summed E-state index contributed by atoms with van der Waals surface area (Å²) in [7, 11) is 1.81. The van der Waals surface area contributed by atoms with Gasteiger partial charge in [-0.15, -0.1) is 0 Å². The van der Waals surface area contributed by atoms with Gasteiger partial charge < -0.3 is 9.80 Å². The number of aliphatic imine (C=N–C) groups is 1. The van der Waals surface area contributed by atoms with E-state index in [-0.39, 0.29) is 11.8 Å². The van der Waals surface area contributed by atoms with Gasteiger partial charge in [-0.25, -0.2) is 0 Å². The first-order valence-electron chi connectivity index (χ1n) is 16.6. The van der Waals surface area contributed by atoms with Gasteiger partial charge >= 0.3 is 0 Å². The van der Waals surface area contributed by atoms with Crippen molar-refractivity contribution in [1.29, 1.82) is 5.26 Å². The van der Waals surface area contributed by atoms with E-state index < -0.39 is 0 Å². The third-order valence-electron chi connectivity index (χ3n) is 9.59. The van der Waals surface area contributed by atoms with Crippen LogP contribution in [0.15, 0.2) is 94.2 Å². The number of nitriles is 1. The number of carbonyl (C=O) groups is 1. The Morgan fingerprint density at radius 3 is 2.64 bits per heavy atom. The molecule has 0 saturated carbocycles. The van der Waals surface area contributed by atoms with E-state index in [0.717, 1.165) is 55.6 Å². The molecule has 5 heteroatoms. The average molecular weight is 589 g/mol. The van der Waals surface area contributed by atoms with Gasteiger partial charge in [0.15, 0.2) is 0 Å². The molecule has 1 aromatic rings. The Labute approximate surface area is 264 Å². The Hall–Kier alpha value is -3.91. The maximum absolute atomic E-state index is 13.0. The highest BCUT2D eigenvalue weighted by Gasteiger charge is 2.32. The highest BCUT2D eigenvalue weighted by Crippen LogP contribution is 2.36. The minimum absolute atomic E-state index is 0.0110. The van der Waals surface area contributed by atoms with Gasteiger partial charge in [0.25, 0.3) is 0 Å². The number of hydrogen-bond donors (Lipinski definition) is 0. The second-order valence-electron chi connectivity index (χ2n) is 12.7. The van der Waals surface area contributed by atoms with Crippen molar-refractivity contribution in [2.45, 2.75) is 77.0 Å². The first-order valence-corrected chi connectivity index (χ1v) is 16.6. The lowest BCUT2D eigenvalue weighted by Gasteiger charge is -2.37. The van der Waals surface area contributed by atoms with E-state index in [9.17, 15) is 4.79 Å². The predicted molar refractivity (Wildman–Crippen MR) is 182 cm³/mol. The van der Waals surface area contributed by atoms with Crippen molar-refractivity contribution >= 4 is 17.7 Å². The fourth-order valence-electron chi connectivity index (χ4n) is 6.98. The van der Waals surface area contributed by atoms with Crippen molar-refractivity contribution in [2.75, 3.05) is 33.2 Å². The zero-order valence-electron chi connectivity index (χ0n) is 26.7. The zero-order chi connectivity index (χ0) is 30.9. The van der Waals surface area contributed by atoms with Crippen LogP contribution in [-0.2, 0) is 4.79 Å². The monoisotopic (exact) mass is 588 g/mol. The van der Waals surface area contributed by atoms with Crippen LogP contribution in [0.5, 0.6) is 0 Å². The molecule has 0 aromatic heterocycles. The van der Waals surface area contributed by atoms with Gasteiger partial charge in [-0.05, 0) is 98.1 Å². The summed E-state index contributed by atoms with van der Waals surface area (Å²) < 4.78 is 0. The van der Waals surface area contributed by atoms with E-state index in [2.05, 4.69) is 84.1 Å². The van der Waals surface area contributed by atoms with Crippen LogP contribution in [0.3, 0.4) is 0 Å². The van der Waals surface area contributed by atoms with E-state index in [1.807, 2.05) is 11.1 Å². The van der Waals surface area contributed by atoms with Crippen LogP contribution in [-0.4, -0.2) is 55.1 Å². The smallest absolute Gasteiger partial charge is 0.249 e. The molecule has 2 aliphatic heterocycles. The van der Waals surface area contributed by atoms with Crippen molar-refractivity contribution in [3.8, 4) is 6.07 Å². The fraction of sp³-hybridized carbons (Fsp3) is 0.462. The van der Waals surface area contributed by atoms with Crippen LogP contribution in [0.1, 0.15) is 88.2 Å². The predicted octanol–water partition coefficient (Wildman–Crippen LogP) is 8.32. The molecule has 4 aliphatic rings. The van der Waals surface area contributed by atoms with E-state index >= 15 is 0 Å². The summed E-state index contributed by atoms with van der Waals surface area (Å²) in [4.78, 5) is 21.5. The van der Waals surface area contributed by atoms with E-state index in [0.29, 0.717) is 19.0 Å². The number of carbonyl (C=O) groups excluding carboxylic acids is 1. The summed E-state index contributed by atoms with van der Waals surface area (Å²) >= 11 is 0. The maximum Gasteiger partial charge on any atom is 0.249 e. The Morgan fingerprint density at radius 1 is 1.07 bits per heavy atom. The third-order valence-corrected chi connectivity index (χ3v) is 9.59. The normalized spacial score (nSPS) is 23.3. The molecule has 0 bridgehead atoms. The van der Waals surface area contributed by atoms with Gasteiger partial charge in [0.1, 0.15) is 0 Å². The number of nitrogens with zero attached hydrogens (tertiary/aromatic N) is 4. The largest absolute Gasteiger partial charge is 0.371 e. The molecule has 1 amide bonds. The summed E-state index contributed by atoms with van der Waals surface area (Å²) in [6, 6.07) is 11.6. The third kappa shape index (κ3) is 7.59. The van der Waals surface area contributed by atoms with Crippen molar-refractivity contribution in [3.63, 3.8) is 0 Å². The second kappa shape index (κ2) is 15.2. The summed E-state index contributed by atoms with van der Waals surface area (Å²) in [5.41, 5.74) is 9.97. The summed E-state index contributed by atoms with van der Waals surface area (Å²) in [5.74, 6) is 0.740. The van der Waals surface area contributed by atoms with Crippen LogP contribution in [0.4, 0.5) is 0 Å². The molecule has 44 heavy (non-hydrogen) atoms. The average Bonchev–Trinajstić information content (AvgIpc) is 3.24. The van der Waals surface area contributed by atoms with E-state index in [1.165, 1.54) is 60.8 Å². The Bertz CT molecular complexity index is 1440. The number of allylic oxidation sites excluding steroid dienone is 7. The molecule has 1 fully saturated rings. The Morgan fingerprint density at radius 2 is 1.89 bits per heavy atom. The lowest BCUT2D eigenvalue weighted by molar-refractivity contribution is -0.132. The zero-order valence-corrected chi connectivity index (χ0v) is 26.7. The minimum Gasteiger partial charge on any atom is -0.371 e. The maximum atomic E-state index is 13.0. The van der Waals surface area contributed by atoms with Crippen LogP contribution in [0.25, 0.3) is 5.57 Å². The topological polar surface area (TPSA) is 59.7 Å². The number of amides is 1. The molecule has 230 valence electrons. The lowest BCUT2D eigenvalue weighted by atomic mass is 9.87. The number of hydrogen-bond acceptors (Lipinski definition) is 4. The number of rotatable bonds is 8. The molecule has 2 aliphatic carbocycles. The van der Waals surface area contributed by atoms with E-state index in [1.54, 1.807) is 12.6 Å². The molecule has 5 rings (SSSR count). The van der Waals surface area contributed by atoms with Crippen molar-refractivity contribution in [1.82, 2.24) is 9.80 Å². The first-order chi connectivity index (χ1) is 21.5. The quantitative estimate of drug-likeness (QED) is 0.227. The van der Waals surface area contributed by atoms with Gasteiger partial charge in [-0.3, -0.25) is 9.79 Å². The van der Waals surface area contributed by atoms with Crippen molar-refractivity contribution in [2.24, 2.45) is 10.9 Å². The molecular weight excluding hydrogens is 540 g/mol. The highest BCUT2D eigenvalue weighted by molar-refractivity contribution is 5.94. The molecule has 5 nitrogen and oxygen atoms in total. The molecule has 0 N–H and O–H groups in total. The lowest BCUT2D eigenvalue weighted by Crippen LogP contribution is -2.50. The minimum atomic E-state index is -0.0110. The molecule has 0 spiro atoms. The first kappa shape index (κ1) is 31.5. The molecule has 1 aromatic carbocycles. The standard InChI is InChI=1S/C39H48N4O/c1-4-8-30-9-5-10-32(16-14-30)33-17-19-34(20-18-33)36-15-13-29(2)37(25-36)38(21-22-41-3)42-23-6-11-35(12-7-24-42)39(44)43-27-31(26-40)28-43/h9,11,15,17-22,25,31-32H,2,4-8,10,12-14,16,23-24,27-28H2,1,3H3/b35-11-,38-21+,41-22-. The number of likely N-dealkylation sites (tertiary alicyclic amines) is 1. The van der Waals surface area contributed by atoms with Crippen LogP contribution in [0, 0.1) is 17.2 Å². The van der Waals surface area contributed by atoms with Crippen LogP contribution < -0.4 is 0 Å². The molecule has 0 radical (unpaired) electrons. The van der Waals surface area contributed by atoms with Crippen molar-refractivity contribution < 1.29 is 4.79 Å². The van der Waals surface area contributed by atoms with Crippen molar-refractivity contribution in [3.05, 3.63) is 100 Å². The van der Waals surface area contributed by atoms with Gasteiger partial charge in [0.2, 0.25) is 5.91 Å². The Kier molecular flexibility index (Phi) is 10.9. The highest BCUT2D eigenvalue weighted by atomic mass is 16.2. The molecular formula is C39H48N4O. The number of benzene rings is 1. The van der Waals surface area contributed by atoms with Gasteiger partial charge in [-0.2, -0.15) is 5.26 Å². The van der Waals surface area contributed by atoms with Gasteiger partial charge in [-0.1, -0.05) is 68.0 Å². The van der Waals surface area contributed by atoms with Gasteiger partial charge in [0.05, 0.1) is 12.0 Å². The van der Waals surface area contributed by atoms with Gasteiger partial charge in [0, 0.05) is 56.3 Å². The van der Waals surface area contributed by atoms with Crippen LogP contribution in [0.2, 0.25) is 0 Å². The summed E-state index contributed by atoms with van der Waals surface area (Å²) in [5, 5.41) is 9.08. The molecule has 1 saturated heterocycles. The summed E-state index contributed by atoms with van der Waals surface area (Å²) in [6.07, 6.45) is 23.9. The summed E-state index contributed by atoms with van der Waals surface area (Å²) in [6.45, 7) is 9.56. The SMILES string of the molecule is C=C1CC=C(c2ccc(C3CCC=C(CCC)CC3)cc2)C=C1/C(=C\C=N/C)N1CC/C=C(\C(=O)N2CC(C#N)C2)CCC1. The van der Waals surface area contributed by atoms with Crippen LogP contribution >= 0.6 is 0 Å². The molecule has 1 unspecified atom stereocenters.